The minimum absolute atomic E-state index is 0.0833. The van der Waals surface area contributed by atoms with Crippen LogP contribution in [0.25, 0.3) is 16.6 Å². The minimum atomic E-state index is -0.363. The van der Waals surface area contributed by atoms with Crippen molar-refractivity contribution in [2.24, 2.45) is 0 Å². The normalized spacial score (nSPS) is 12.5. The summed E-state index contributed by atoms with van der Waals surface area (Å²) >= 11 is 6.29. The molecule has 1 heterocycles. The van der Waals surface area contributed by atoms with E-state index in [1.165, 1.54) is 0 Å². The predicted molar refractivity (Wildman–Crippen MR) is 91.1 cm³/mol. The van der Waals surface area contributed by atoms with Gasteiger partial charge >= 0.3 is 0 Å². The van der Waals surface area contributed by atoms with Crippen molar-refractivity contribution in [1.29, 1.82) is 0 Å². The van der Waals surface area contributed by atoms with Crippen LogP contribution < -0.4 is 5.56 Å². The van der Waals surface area contributed by atoms with Gasteiger partial charge in [0.2, 0.25) is 0 Å². The minimum Gasteiger partial charge on any atom is -0.268 e. The standard InChI is InChI=1S/C18H17ClN2O/c1-11-8-9-16(12(2)10-11)21-17(13(3)19)20-15-7-5-4-6-14(15)18(21)22/h4-10,13H,1-3H3. The number of aromatic nitrogens is 2. The van der Waals surface area contributed by atoms with Gasteiger partial charge in [0.15, 0.2) is 0 Å². The maximum absolute atomic E-state index is 13.0. The van der Waals surface area contributed by atoms with Crippen molar-refractivity contribution >= 4 is 22.5 Å². The van der Waals surface area contributed by atoms with Crippen LogP contribution in [-0.4, -0.2) is 9.55 Å². The van der Waals surface area contributed by atoms with E-state index < -0.39 is 0 Å². The van der Waals surface area contributed by atoms with Crippen molar-refractivity contribution in [3.05, 3.63) is 69.8 Å². The Labute approximate surface area is 134 Å². The number of benzene rings is 2. The number of aryl methyl sites for hydroxylation is 2. The molecule has 0 aliphatic rings. The van der Waals surface area contributed by atoms with Crippen molar-refractivity contribution in [2.75, 3.05) is 0 Å². The summed E-state index contributed by atoms with van der Waals surface area (Å²) in [5, 5.41) is 0.238. The molecule has 112 valence electrons. The van der Waals surface area contributed by atoms with Crippen LogP contribution in [0.4, 0.5) is 0 Å². The molecule has 1 aromatic heterocycles. The summed E-state index contributed by atoms with van der Waals surface area (Å²) in [5.41, 5.74) is 3.61. The zero-order chi connectivity index (χ0) is 15.9. The van der Waals surface area contributed by atoms with Gasteiger partial charge in [0, 0.05) is 0 Å². The van der Waals surface area contributed by atoms with E-state index in [4.69, 9.17) is 11.6 Å². The third-order valence-corrected chi connectivity index (χ3v) is 3.95. The van der Waals surface area contributed by atoms with Crippen molar-refractivity contribution in [2.45, 2.75) is 26.1 Å². The molecular weight excluding hydrogens is 296 g/mol. The van der Waals surface area contributed by atoms with Crippen LogP contribution in [0.2, 0.25) is 0 Å². The molecule has 0 N–H and O–H groups in total. The van der Waals surface area contributed by atoms with E-state index >= 15 is 0 Å². The third-order valence-electron chi connectivity index (χ3n) is 3.75. The van der Waals surface area contributed by atoms with Crippen molar-refractivity contribution in [3.63, 3.8) is 0 Å². The second-order valence-corrected chi connectivity index (χ2v) is 6.19. The molecule has 0 fully saturated rings. The summed E-state index contributed by atoms with van der Waals surface area (Å²) in [6.07, 6.45) is 0. The molecule has 3 aromatic rings. The van der Waals surface area contributed by atoms with Crippen LogP contribution in [0.5, 0.6) is 0 Å². The smallest absolute Gasteiger partial charge is 0.266 e. The molecule has 0 saturated carbocycles. The first kappa shape index (κ1) is 14.8. The molecule has 0 aliphatic carbocycles. The van der Waals surface area contributed by atoms with E-state index in [1.807, 2.05) is 51.1 Å². The van der Waals surface area contributed by atoms with Gasteiger partial charge in [-0.1, -0.05) is 29.8 Å². The summed E-state index contributed by atoms with van der Waals surface area (Å²) in [6.45, 7) is 5.86. The van der Waals surface area contributed by atoms with Crippen LogP contribution in [0, 0.1) is 13.8 Å². The van der Waals surface area contributed by atoms with E-state index in [2.05, 4.69) is 11.1 Å². The lowest BCUT2D eigenvalue weighted by Gasteiger charge is -2.17. The molecule has 0 radical (unpaired) electrons. The molecule has 0 aliphatic heterocycles. The highest BCUT2D eigenvalue weighted by Crippen LogP contribution is 2.23. The molecule has 3 rings (SSSR count). The molecule has 0 bridgehead atoms. The molecule has 1 atom stereocenters. The zero-order valence-electron chi connectivity index (χ0n) is 12.8. The first-order chi connectivity index (χ1) is 10.5. The van der Waals surface area contributed by atoms with E-state index in [0.29, 0.717) is 16.7 Å². The fourth-order valence-corrected chi connectivity index (χ4v) is 2.85. The Kier molecular flexibility index (Phi) is 3.75. The summed E-state index contributed by atoms with van der Waals surface area (Å²) < 4.78 is 1.63. The van der Waals surface area contributed by atoms with Gasteiger partial charge in [0.25, 0.3) is 5.56 Å². The van der Waals surface area contributed by atoms with Gasteiger partial charge in [-0.3, -0.25) is 9.36 Å². The Morgan fingerprint density at radius 3 is 2.55 bits per heavy atom. The zero-order valence-corrected chi connectivity index (χ0v) is 13.6. The number of hydrogen-bond donors (Lipinski definition) is 0. The van der Waals surface area contributed by atoms with Crippen LogP contribution in [0.3, 0.4) is 0 Å². The Morgan fingerprint density at radius 1 is 1.14 bits per heavy atom. The van der Waals surface area contributed by atoms with Crippen molar-refractivity contribution in [3.8, 4) is 5.69 Å². The van der Waals surface area contributed by atoms with Gasteiger partial charge < -0.3 is 0 Å². The number of rotatable bonds is 2. The van der Waals surface area contributed by atoms with Crippen LogP contribution in [-0.2, 0) is 0 Å². The Morgan fingerprint density at radius 2 is 1.86 bits per heavy atom. The second-order valence-electron chi connectivity index (χ2n) is 5.53. The van der Waals surface area contributed by atoms with Gasteiger partial charge in [0.1, 0.15) is 5.82 Å². The first-order valence-corrected chi connectivity index (χ1v) is 7.66. The summed E-state index contributed by atoms with van der Waals surface area (Å²) in [6, 6.07) is 13.4. The fraction of sp³-hybridized carbons (Fsp3) is 0.222. The first-order valence-electron chi connectivity index (χ1n) is 7.22. The van der Waals surface area contributed by atoms with Gasteiger partial charge in [-0.15, -0.1) is 11.6 Å². The molecule has 4 heteroatoms. The predicted octanol–water partition coefficient (Wildman–Crippen LogP) is 4.30. The summed E-state index contributed by atoms with van der Waals surface area (Å²) in [4.78, 5) is 17.6. The number of hydrogen-bond acceptors (Lipinski definition) is 2. The van der Waals surface area contributed by atoms with Gasteiger partial charge in [0.05, 0.1) is 22.0 Å². The van der Waals surface area contributed by atoms with Crippen molar-refractivity contribution < 1.29 is 0 Å². The fourth-order valence-electron chi connectivity index (χ4n) is 2.71. The van der Waals surface area contributed by atoms with E-state index in [9.17, 15) is 4.79 Å². The summed E-state index contributed by atoms with van der Waals surface area (Å²) in [7, 11) is 0. The molecule has 0 spiro atoms. The highest BCUT2D eigenvalue weighted by molar-refractivity contribution is 6.20. The molecule has 1 unspecified atom stereocenters. The highest BCUT2D eigenvalue weighted by Gasteiger charge is 2.17. The molecule has 3 nitrogen and oxygen atoms in total. The number of para-hydroxylation sites is 1. The lowest BCUT2D eigenvalue weighted by atomic mass is 10.1. The second kappa shape index (κ2) is 5.58. The monoisotopic (exact) mass is 312 g/mol. The quantitative estimate of drug-likeness (QED) is 0.661. The highest BCUT2D eigenvalue weighted by atomic mass is 35.5. The Bertz CT molecular complexity index is 913. The van der Waals surface area contributed by atoms with Gasteiger partial charge in [-0.05, 0) is 44.5 Å². The number of alkyl halides is 1. The maximum Gasteiger partial charge on any atom is 0.266 e. The van der Waals surface area contributed by atoms with Gasteiger partial charge in [-0.25, -0.2) is 4.98 Å². The maximum atomic E-state index is 13.0. The number of halogens is 1. The van der Waals surface area contributed by atoms with E-state index in [1.54, 1.807) is 10.6 Å². The lowest BCUT2D eigenvalue weighted by Crippen LogP contribution is -2.25. The van der Waals surface area contributed by atoms with Crippen LogP contribution >= 0.6 is 11.6 Å². The molecule has 22 heavy (non-hydrogen) atoms. The largest absolute Gasteiger partial charge is 0.268 e. The summed E-state index contributed by atoms with van der Waals surface area (Å²) in [5.74, 6) is 0.567. The van der Waals surface area contributed by atoms with Crippen LogP contribution in [0.1, 0.15) is 29.3 Å². The molecular formula is C18H17ClN2O. The Hall–Kier alpha value is -2.13. The van der Waals surface area contributed by atoms with Crippen molar-refractivity contribution in [1.82, 2.24) is 9.55 Å². The third kappa shape index (κ3) is 2.42. The SMILES string of the molecule is Cc1ccc(-n2c(C(C)Cl)nc3ccccc3c2=O)c(C)c1. The lowest BCUT2D eigenvalue weighted by molar-refractivity contribution is 0.811. The number of fused-ring (bicyclic) bond motifs is 1. The number of nitrogens with zero attached hydrogens (tertiary/aromatic N) is 2. The topological polar surface area (TPSA) is 34.9 Å². The average Bonchev–Trinajstić information content (AvgIpc) is 2.48. The van der Waals surface area contributed by atoms with Crippen LogP contribution in [0.15, 0.2) is 47.3 Å². The molecule has 0 saturated heterocycles. The molecule has 2 aromatic carbocycles. The Balaban J connectivity index is 2.43. The molecule has 0 amide bonds. The van der Waals surface area contributed by atoms with E-state index in [-0.39, 0.29) is 10.9 Å². The van der Waals surface area contributed by atoms with E-state index in [0.717, 1.165) is 16.8 Å². The van der Waals surface area contributed by atoms with Gasteiger partial charge in [-0.2, -0.15) is 0 Å². The average molecular weight is 313 g/mol.